The molecule has 0 radical (unpaired) electrons. The molecule has 3 aliphatic heterocycles. The number of rotatable bonds is 4. The third-order valence-corrected chi connectivity index (χ3v) is 5.96. The molecule has 0 saturated carbocycles. The van der Waals surface area contributed by atoms with Gasteiger partial charge in [0.2, 0.25) is 11.7 Å². The predicted octanol–water partition coefficient (Wildman–Crippen LogP) is 2.82. The quantitative estimate of drug-likeness (QED) is 0.692. The van der Waals surface area contributed by atoms with Crippen molar-refractivity contribution in [1.29, 1.82) is 0 Å². The number of carbonyl (C=O) groups excluding carboxylic acids is 1. The molecule has 3 aromatic rings. The maximum atomic E-state index is 12.9. The van der Waals surface area contributed by atoms with Gasteiger partial charge in [-0.3, -0.25) is 4.79 Å². The van der Waals surface area contributed by atoms with Gasteiger partial charge in [-0.2, -0.15) is 4.98 Å². The SMILES string of the molecule is O=C1C2CCC(CN(c3nc(-c4ccccc4)no3)C2)N1Cc1cscn1. The molecule has 0 N–H and O–H groups in total. The van der Waals surface area contributed by atoms with Crippen LogP contribution in [-0.4, -0.2) is 45.1 Å². The molecule has 5 heterocycles. The molecule has 0 spiro atoms. The minimum Gasteiger partial charge on any atom is -0.332 e. The second kappa shape index (κ2) is 6.77. The molecule has 8 heteroatoms. The highest BCUT2D eigenvalue weighted by Crippen LogP contribution is 2.32. The van der Waals surface area contributed by atoms with Crippen LogP contribution in [0.4, 0.5) is 6.01 Å². The van der Waals surface area contributed by atoms with Crippen LogP contribution in [0.2, 0.25) is 0 Å². The van der Waals surface area contributed by atoms with Gasteiger partial charge in [-0.05, 0) is 12.8 Å². The monoisotopic (exact) mass is 381 g/mol. The summed E-state index contributed by atoms with van der Waals surface area (Å²) in [5, 5.41) is 6.13. The van der Waals surface area contributed by atoms with Gasteiger partial charge in [0.1, 0.15) is 0 Å². The molecule has 3 saturated heterocycles. The van der Waals surface area contributed by atoms with Crippen molar-refractivity contribution in [3.8, 4) is 11.4 Å². The molecule has 1 amide bonds. The standard InChI is InChI=1S/C19H19N5O2S/c25-18-14-6-7-16(24(18)9-15-11-27-12-20-15)10-23(8-14)19-21-17(22-26-19)13-4-2-1-3-5-13/h1-5,11-12,14,16H,6-10H2. The third-order valence-electron chi connectivity index (χ3n) is 5.33. The Kier molecular flexibility index (Phi) is 4.12. The van der Waals surface area contributed by atoms with Gasteiger partial charge in [-0.15, -0.1) is 11.3 Å². The molecule has 6 rings (SSSR count). The largest absolute Gasteiger partial charge is 0.332 e. The molecule has 1 aromatic carbocycles. The van der Waals surface area contributed by atoms with E-state index in [4.69, 9.17) is 4.52 Å². The minimum absolute atomic E-state index is 0.0329. The van der Waals surface area contributed by atoms with Crippen LogP contribution in [0.15, 0.2) is 45.7 Å². The molecule has 2 bridgehead atoms. The van der Waals surface area contributed by atoms with Gasteiger partial charge in [0, 0.05) is 30.1 Å². The number of fused-ring (bicyclic) bond motifs is 4. The molecule has 2 unspecified atom stereocenters. The zero-order valence-electron chi connectivity index (χ0n) is 14.7. The number of benzene rings is 1. The number of nitrogens with zero attached hydrogens (tertiary/aromatic N) is 5. The van der Waals surface area contributed by atoms with E-state index in [0.717, 1.165) is 24.1 Å². The number of amides is 1. The van der Waals surface area contributed by atoms with E-state index in [-0.39, 0.29) is 17.9 Å². The van der Waals surface area contributed by atoms with Crippen molar-refractivity contribution in [1.82, 2.24) is 20.0 Å². The molecule has 3 fully saturated rings. The molecule has 2 aromatic heterocycles. The van der Waals surface area contributed by atoms with Crippen LogP contribution < -0.4 is 4.90 Å². The lowest BCUT2D eigenvalue weighted by Gasteiger charge is -2.35. The number of aromatic nitrogens is 3. The van der Waals surface area contributed by atoms with Crippen molar-refractivity contribution in [3.05, 3.63) is 46.9 Å². The van der Waals surface area contributed by atoms with Gasteiger partial charge >= 0.3 is 6.01 Å². The van der Waals surface area contributed by atoms with Crippen molar-refractivity contribution < 1.29 is 9.32 Å². The fourth-order valence-electron chi connectivity index (χ4n) is 3.94. The number of carbonyl (C=O) groups is 1. The molecule has 7 nitrogen and oxygen atoms in total. The Morgan fingerprint density at radius 2 is 2.07 bits per heavy atom. The summed E-state index contributed by atoms with van der Waals surface area (Å²) in [6.45, 7) is 1.92. The van der Waals surface area contributed by atoms with E-state index in [0.29, 0.717) is 31.5 Å². The lowest BCUT2D eigenvalue weighted by molar-refractivity contribution is -0.140. The van der Waals surface area contributed by atoms with E-state index >= 15 is 0 Å². The van der Waals surface area contributed by atoms with Gasteiger partial charge < -0.3 is 14.3 Å². The molecule has 3 aliphatic rings. The lowest BCUT2D eigenvalue weighted by Crippen LogP contribution is -2.47. The summed E-state index contributed by atoms with van der Waals surface area (Å²) < 4.78 is 5.54. The van der Waals surface area contributed by atoms with E-state index in [2.05, 4.69) is 20.0 Å². The smallest absolute Gasteiger partial charge is 0.324 e. The van der Waals surface area contributed by atoms with E-state index in [1.165, 1.54) is 0 Å². The van der Waals surface area contributed by atoms with Crippen LogP contribution >= 0.6 is 11.3 Å². The first kappa shape index (κ1) is 16.4. The van der Waals surface area contributed by atoms with E-state index in [1.807, 2.05) is 46.1 Å². The number of thiazole rings is 1. The second-order valence-electron chi connectivity index (χ2n) is 7.05. The fraction of sp³-hybridized carbons (Fsp3) is 0.368. The normalized spacial score (nSPS) is 22.3. The average Bonchev–Trinajstić information content (AvgIpc) is 3.32. The van der Waals surface area contributed by atoms with E-state index in [9.17, 15) is 4.79 Å². The fourth-order valence-corrected chi connectivity index (χ4v) is 4.49. The first-order valence-corrected chi connectivity index (χ1v) is 10.0. The summed E-state index contributed by atoms with van der Waals surface area (Å²) in [4.78, 5) is 25.9. The summed E-state index contributed by atoms with van der Waals surface area (Å²) >= 11 is 1.56. The van der Waals surface area contributed by atoms with E-state index in [1.54, 1.807) is 11.3 Å². The molecule has 27 heavy (non-hydrogen) atoms. The van der Waals surface area contributed by atoms with Gasteiger partial charge in [-0.1, -0.05) is 35.5 Å². The number of hydrogen-bond acceptors (Lipinski definition) is 7. The highest BCUT2D eigenvalue weighted by molar-refractivity contribution is 7.07. The van der Waals surface area contributed by atoms with Crippen LogP contribution in [0.3, 0.4) is 0 Å². The molecular formula is C19H19N5O2S. The Labute approximate surface area is 160 Å². The van der Waals surface area contributed by atoms with Crippen molar-refractivity contribution in [2.45, 2.75) is 25.4 Å². The third kappa shape index (κ3) is 3.10. The summed E-state index contributed by atoms with van der Waals surface area (Å²) in [5.41, 5.74) is 3.69. The van der Waals surface area contributed by atoms with E-state index < -0.39 is 0 Å². The van der Waals surface area contributed by atoms with Crippen LogP contribution in [0, 0.1) is 5.92 Å². The Balaban J connectivity index is 1.38. The van der Waals surface area contributed by atoms with Crippen molar-refractivity contribution in [2.24, 2.45) is 5.92 Å². The maximum absolute atomic E-state index is 12.9. The van der Waals surface area contributed by atoms with Crippen molar-refractivity contribution >= 4 is 23.3 Å². The van der Waals surface area contributed by atoms with Crippen molar-refractivity contribution in [2.75, 3.05) is 18.0 Å². The van der Waals surface area contributed by atoms with Crippen LogP contribution in [0.1, 0.15) is 18.5 Å². The summed E-state index contributed by atoms with van der Waals surface area (Å²) in [6.07, 6.45) is 1.91. The summed E-state index contributed by atoms with van der Waals surface area (Å²) in [5.74, 6) is 0.756. The van der Waals surface area contributed by atoms with Gasteiger partial charge in [0.15, 0.2) is 0 Å². The first-order chi connectivity index (χ1) is 13.3. The average molecular weight is 381 g/mol. The van der Waals surface area contributed by atoms with Gasteiger partial charge in [0.05, 0.1) is 23.7 Å². The van der Waals surface area contributed by atoms with Crippen LogP contribution in [0.5, 0.6) is 0 Å². The number of piperidine rings is 1. The zero-order valence-corrected chi connectivity index (χ0v) is 15.5. The van der Waals surface area contributed by atoms with Crippen molar-refractivity contribution in [3.63, 3.8) is 0 Å². The Bertz CT molecular complexity index is 927. The van der Waals surface area contributed by atoms with Crippen LogP contribution in [0.25, 0.3) is 11.4 Å². The molecule has 2 atom stereocenters. The minimum atomic E-state index is -0.0329. The van der Waals surface area contributed by atoms with Crippen LogP contribution in [-0.2, 0) is 11.3 Å². The number of anilines is 1. The maximum Gasteiger partial charge on any atom is 0.324 e. The predicted molar refractivity (Wildman–Crippen MR) is 101 cm³/mol. The number of hydrogen-bond donors (Lipinski definition) is 0. The summed E-state index contributed by atoms with van der Waals surface area (Å²) in [7, 11) is 0. The lowest BCUT2D eigenvalue weighted by atomic mass is 9.94. The summed E-state index contributed by atoms with van der Waals surface area (Å²) in [6, 6.07) is 10.4. The zero-order chi connectivity index (χ0) is 18.2. The van der Waals surface area contributed by atoms with Gasteiger partial charge in [0.25, 0.3) is 0 Å². The molecule has 138 valence electrons. The first-order valence-electron chi connectivity index (χ1n) is 9.09. The second-order valence-corrected chi connectivity index (χ2v) is 7.76. The Hall–Kier alpha value is -2.74. The molecular weight excluding hydrogens is 362 g/mol. The van der Waals surface area contributed by atoms with Gasteiger partial charge in [-0.25, -0.2) is 4.98 Å². The Morgan fingerprint density at radius 3 is 2.89 bits per heavy atom. The topological polar surface area (TPSA) is 75.4 Å². The highest BCUT2D eigenvalue weighted by atomic mass is 32.1. The Morgan fingerprint density at radius 1 is 1.19 bits per heavy atom. The molecule has 0 aliphatic carbocycles. The highest BCUT2D eigenvalue weighted by Gasteiger charge is 2.42.